The summed E-state index contributed by atoms with van der Waals surface area (Å²) in [6.45, 7) is 1.80. The number of benzene rings is 1. The number of rotatable bonds is 5. The average Bonchev–Trinajstić information content (AvgIpc) is 2.84. The molecule has 32 heavy (non-hydrogen) atoms. The van der Waals surface area contributed by atoms with Crippen molar-refractivity contribution in [3.8, 4) is 5.88 Å². The number of nitrogens with one attached hydrogen (secondary N) is 1. The van der Waals surface area contributed by atoms with E-state index >= 15 is 0 Å². The molecule has 1 aromatic heterocycles. The number of nitrogens with zero attached hydrogens (tertiary/aromatic N) is 3. The molecule has 0 unspecified atom stereocenters. The molecule has 1 aromatic carbocycles. The first-order valence-electron chi connectivity index (χ1n) is 11.1. The van der Waals surface area contributed by atoms with E-state index in [1.165, 1.54) is 5.56 Å². The van der Waals surface area contributed by atoms with Crippen molar-refractivity contribution in [1.29, 1.82) is 0 Å². The Morgan fingerprint density at radius 1 is 1.09 bits per heavy atom. The van der Waals surface area contributed by atoms with Gasteiger partial charge in [0.25, 0.3) is 0 Å². The number of hydrogen-bond donors (Lipinski definition) is 2. The Hall–Kier alpha value is -2.97. The fraction of sp³-hybridized carbons (Fsp3) is 0.458. The van der Waals surface area contributed by atoms with E-state index in [1.54, 1.807) is 23.8 Å². The maximum Gasteiger partial charge on any atom is 0.248 e. The summed E-state index contributed by atoms with van der Waals surface area (Å²) in [5.74, 6) is -0.432. The number of likely N-dealkylation sites (tertiary alicyclic amines) is 2. The van der Waals surface area contributed by atoms with Crippen molar-refractivity contribution in [2.75, 3.05) is 26.7 Å². The van der Waals surface area contributed by atoms with Crippen molar-refractivity contribution in [3.63, 3.8) is 0 Å². The number of piperidine rings is 2. The van der Waals surface area contributed by atoms with E-state index < -0.39 is 17.9 Å². The van der Waals surface area contributed by atoms with Crippen LogP contribution in [0.1, 0.15) is 30.7 Å². The zero-order chi connectivity index (χ0) is 22.5. The van der Waals surface area contributed by atoms with Crippen LogP contribution in [0.15, 0.2) is 54.7 Å². The van der Waals surface area contributed by atoms with Gasteiger partial charge >= 0.3 is 0 Å². The zero-order valence-corrected chi connectivity index (χ0v) is 18.3. The van der Waals surface area contributed by atoms with Gasteiger partial charge in [-0.15, -0.1) is 0 Å². The van der Waals surface area contributed by atoms with Crippen LogP contribution in [0.25, 0.3) is 0 Å². The van der Waals surface area contributed by atoms with Gasteiger partial charge in [-0.3, -0.25) is 19.7 Å². The Labute approximate surface area is 188 Å². The lowest BCUT2D eigenvalue weighted by Gasteiger charge is -2.43. The number of aromatic nitrogens is 1. The van der Waals surface area contributed by atoms with Crippen molar-refractivity contribution >= 4 is 11.8 Å². The van der Waals surface area contributed by atoms with Gasteiger partial charge in [-0.25, -0.2) is 10.5 Å². The minimum absolute atomic E-state index is 0.0658. The van der Waals surface area contributed by atoms with Crippen molar-refractivity contribution in [2.45, 2.75) is 37.3 Å². The van der Waals surface area contributed by atoms with E-state index in [1.807, 2.05) is 41.1 Å². The predicted octanol–water partition coefficient (Wildman–Crippen LogP) is 2.06. The molecule has 8 heteroatoms. The third kappa shape index (κ3) is 4.92. The maximum absolute atomic E-state index is 13.5. The van der Waals surface area contributed by atoms with Gasteiger partial charge in [0.1, 0.15) is 12.1 Å². The van der Waals surface area contributed by atoms with E-state index in [4.69, 9.17) is 4.74 Å². The molecule has 2 aromatic rings. The first kappa shape index (κ1) is 22.2. The highest BCUT2D eigenvalue weighted by molar-refractivity contribution is 5.90. The highest BCUT2D eigenvalue weighted by atomic mass is 16.5. The number of hydroxylamine groups is 1. The number of pyridine rings is 1. The van der Waals surface area contributed by atoms with E-state index in [0.29, 0.717) is 37.9 Å². The fourth-order valence-electron chi connectivity index (χ4n) is 4.94. The molecule has 0 spiro atoms. The molecular weight excluding hydrogens is 408 g/mol. The summed E-state index contributed by atoms with van der Waals surface area (Å²) < 4.78 is 5.95. The van der Waals surface area contributed by atoms with Crippen molar-refractivity contribution in [3.05, 3.63) is 60.3 Å². The molecule has 2 saturated heterocycles. The summed E-state index contributed by atoms with van der Waals surface area (Å²) in [6.07, 6.45) is 3.45. The molecule has 3 atom stereocenters. The lowest BCUT2D eigenvalue weighted by Crippen LogP contribution is -2.61. The molecule has 8 nitrogen and oxygen atoms in total. The molecule has 3 heterocycles. The van der Waals surface area contributed by atoms with Crippen LogP contribution in [0.5, 0.6) is 5.88 Å². The van der Waals surface area contributed by atoms with Crippen LogP contribution in [0.3, 0.4) is 0 Å². The number of likely N-dealkylation sites (N-methyl/N-ethyl adjacent to an activating group) is 1. The lowest BCUT2D eigenvalue weighted by atomic mass is 9.85. The van der Waals surface area contributed by atoms with E-state index in [2.05, 4.69) is 17.1 Å². The van der Waals surface area contributed by atoms with Crippen LogP contribution >= 0.6 is 0 Å². The molecule has 2 amide bonds. The molecule has 2 fully saturated rings. The lowest BCUT2D eigenvalue weighted by molar-refractivity contribution is -0.151. The van der Waals surface area contributed by atoms with Crippen LogP contribution in [0, 0.1) is 5.92 Å². The minimum Gasteiger partial charge on any atom is -0.473 e. The number of hydrogen-bond acceptors (Lipinski definition) is 6. The number of carbonyl (C=O) groups is 2. The minimum atomic E-state index is -0.716. The second-order valence-electron chi connectivity index (χ2n) is 8.62. The van der Waals surface area contributed by atoms with Gasteiger partial charge in [-0.2, -0.15) is 0 Å². The Bertz CT molecular complexity index is 903. The van der Waals surface area contributed by atoms with Crippen LogP contribution in [0.4, 0.5) is 0 Å². The molecule has 0 bridgehead atoms. The molecule has 0 saturated carbocycles. The van der Waals surface area contributed by atoms with Crippen LogP contribution in [0.2, 0.25) is 0 Å². The predicted molar refractivity (Wildman–Crippen MR) is 118 cm³/mol. The van der Waals surface area contributed by atoms with Gasteiger partial charge in [-0.05, 0) is 43.9 Å². The first-order chi connectivity index (χ1) is 15.6. The second-order valence-corrected chi connectivity index (χ2v) is 8.62. The maximum atomic E-state index is 13.5. The van der Waals surface area contributed by atoms with Gasteiger partial charge < -0.3 is 9.64 Å². The third-order valence-electron chi connectivity index (χ3n) is 6.57. The second kappa shape index (κ2) is 10.1. The largest absolute Gasteiger partial charge is 0.473 e. The van der Waals surface area contributed by atoms with Gasteiger partial charge in [0.2, 0.25) is 17.7 Å². The molecule has 0 aliphatic carbocycles. The van der Waals surface area contributed by atoms with Crippen molar-refractivity contribution in [2.24, 2.45) is 5.92 Å². The van der Waals surface area contributed by atoms with Crippen molar-refractivity contribution < 1.29 is 19.5 Å². The molecule has 2 aliphatic rings. The Kier molecular flexibility index (Phi) is 7.02. The van der Waals surface area contributed by atoms with Gasteiger partial charge in [0.05, 0.1) is 5.92 Å². The Morgan fingerprint density at radius 3 is 2.47 bits per heavy atom. The summed E-state index contributed by atoms with van der Waals surface area (Å²) in [6, 6.07) is 15.1. The Morgan fingerprint density at radius 2 is 1.81 bits per heavy atom. The van der Waals surface area contributed by atoms with Gasteiger partial charge in [0, 0.05) is 31.9 Å². The number of carbonyl (C=O) groups excluding carboxylic acids is 2. The van der Waals surface area contributed by atoms with E-state index in [9.17, 15) is 14.8 Å². The summed E-state index contributed by atoms with van der Waals surface area (Å²) in [5, 5.41) is 9.32. The number of ether oxygens (including phenoxy) is 1. The smallest absolute Gasteiger partial charge is 0.248 e. The summed E-state index contributed by atoms with van der Waals surface area (Å²) in [7, 11) is 1.82. The number of amides is 2. The van der Waals surface area contributed by atoms with Gasteiger partial charge in [-0.1, -0.05) is 36.4 Å². The molecule has 0 radical (unpaired) electrons. The van der Waals surface area contributed by atoms with E-state index in [-0.39, 0.29) is 12.0 Å². The highest BCUT2D eigenvalue weighted by Crippen LogP contribution is 2.31. The quantitative estimate of drug-likeness (QED) is 0.548. The normalized spacial score (nSPS) is 24.7. The zero-order valence-electron chi connectivity index (χ0n) is 18.3. The van der Waals surface area contributed by atoms with Crippen LogP contribution in [-0.4, -0.2) is 70.6 Å². The SMILES string of the molecule is CN1C[C@@H](Oc2ccccn2)C[C@H](C(=O)NO)[C@H]1C(=O)N1CCC(c2ccccc2)CC1. The fourth-order valence-corrected chi connectivity index (χ4v) is 4.94. The summed E-state index contributed by atoms with van der Waals surface area (Å²) >= 11 is 0. The van der Waals surface area contributed by atoms with E-state index in [0.717, 1.165) is 12.8 Å². The highest BCUT2D eigenvalue weighted by Gasteiger charge is 2.45. The molecule has 4 rings (SSSR count). The standard InChI is InChI=1S/C24H30N4O4/c1-27-16-19(32-21-9-5-6-12-25-21)15-20(23(29)26-31)22(27)24(30)28-13-10-18(11-14-28)17-7-3-2-4-8-17/h2-9,12,18-20,22,31H,10-11,13-16H2,1H3,(H,26,29)/t19-,20-,22-/m0/s1. The average molecular weight is 439 g/mol. The Balaban J connectivity index is 1.43. The molecule has 170 valence electrons. The third-order valence-corrected chi connectivity index (χ3v) is 6.57. The van der Waals surface area contributed by atoms with Crippen LogP contribution in [-0.2, 0) is 9.59 Å². The summed E-state index contributed by atoms with van der Waals surface area (Å²) in [5.41, 5.74) is 3.06. The monoisotopic (exact) mass is 438 g/mol. The van der Waals surface area contributed by atoms with Crippen molar-refractivity contribution in [1.82, 2.24) is 20.3 Å². The molecule has 2 N–H and O–H groups in total. The molecule has 2 aliphatic heterocycles. The topological polar surface area (TPSA) is 95.0 Å². The molecular formula is C24H30N4O4. The van der Waals surface area contributed by atoms with Crippen LogP contribution < -0.4 is 10.2 Å². The van der Waals surface area contributed by atoms with Gasteiger partial charge in [0.15, 0.2) is 0 Å². The first-order valence-corrected chi connectivity index (χ1v) is 11.1. The summed E-state index contributed by atoms with van der Waals surface area (Å²) in [4.78, 5) is 33.9.